The molecule has 9 nitrogen and oxygen atoms in total. The van der Waals surface area contributed by atoms with E-state index in [0.717, 1.165) is 42.9 Å². The van der Waals surface area contributed by atoms with Gasteiger partial charge >= 0.3 is 6.03 Å². The number of carbonyl (C=O) groups excluding carboxylic acids is 5. The second-order valence-electron chi connectivity index (χ2n) is 6.63. The zero-order valence-electron chi connectivity index (χ0n) is 19.0. The zero-order chi connectivity index (χ0) is 24.2. The predicted molar refractivity (Wildman–Crippen MR) is 127 cm³/mol. The average molecular weight is 467 g/mol. The number of hydrogen-bond donors (Lipinski definition) is 4. The number of unbranched alkanes of at least 4 members (excludes halogenated alkanes) is 3. The molecule has 0 fully saturated rings. The van der Waals surface area contributed by atoms with Gasteiger partial charge in [-0.2, -0.15) is 0 Å². The van der Waals surface area contributed by atoms with Gasteiger partial charge in [-0.25, -0.2) is 4.79 Å². The minimum absolute atomic E-state index is 0.0862. The lowest BCUT2D eigenvalue weighted by Gasteiger charge is -2.09. The Labute approximate surface area is 193 Å². The number of carbonyl (C=O) groups is 5. The molecule has 0 aliphatic rings. The van der Waals surface area contributed by atoms with E-state index >= 15 is 0 Å². The van der Waals surface area contributed by atoms with Crippen LogP contribution in [0.2, 0.25) is 0 Å². The van der Waals surface area contributed by atoms with Crippen LogP contribution in [0.15, 0.2) is 18.2 Å². The normalized spacial score (nSPS) is 9.59. The van der Waals surface area contributed by atoms with E-state index in [9.17, 15) is 24.0 Å². The molecule has 0 saturated carbocycles. The lowest BCUT2D eigenvalue weighted by Crippen LogP contribution is -2.35. The predicted octanol–water partition coefficient (Wildman–Crippen LogP) is 2.89. The molecule has 0 aliphatic heterocycles. The molecule has 0 bridgehead atoms. The van der Waals surface area contributed by atoms with Crippen molar-refractivity contribution in [1.29, 1.82) is 0 Å². The van der Waals surface area contributed by atoms with Crippen molar-refractivity contribution in [2.75, 3.05) is 26.4 Å². The monoisotopic (exact) mass is 466 g/mol. The van der Waals surface area contributed by atoms with Gasteiger partial charge in [0.05, 0.1) is 0 Å². The summed E-state index contributed by atoms with van der Waals surface area (Å²) in [6.45, 7) is 3.10. The summed E-state index contributed by atoms with van der Waals surface area (Å²) in [5.74, 6) is 0.264. The third-order valence-electron chi connectivity index (χ3n) is 4.16. The van der Waals surface area contributed by atoms with E-state index in [1.54, 1.807) is 25.2 Å². The highest BCUT2D eigenvalue weighted by molar-refractivity contribution is 8.13. The number of nitrogens with one attached hydrogen (secondary N) is 4. The van der Waals surface area contributed by atoms with Crippen LogP contribution < -0.4 is 21.3 Å². The summed E-state index contributed by atoms with van der Waals surface area (Å²) in [6.07, 6.45) is 6.31. The minimum atomic E-state index is -0.309. The van der Waals surface area contributed by atoms with Gasteiger partial charge in [-0.1, -0.05) is 44.0 Å². The average Bonchev–Trinajstić information content (AvgIpc) is 2.82. The second-order valence-corrected chi connectivity index (χ2v) is 7.70. The first-order valence-corrected chi connectivity index (χ1v) is 11.5. The van der Waals surface area contributed by atoms with Gasteiger partial charge in [-0.3, -0.25) is 14.4 Å². The highest BCUT2D eigenvalue weighted by Gasteiger charge is 2.10. The highest BCUT2D eigenvalue weighted by Crippen LogP contribution is 2.10. The molecule has 4 amide bonds. The number of aldehydes is 2. The van der Waals surface area contributed by atoms with E-state index in [1.807, 2.05) is 0 Å². The fraction of sp³-hybridized carbons (Fsp3) is 0.500. The van der Waals surface area contributed by atoms with Gasteiger partial charge in [-0.15, -0.1) is 0 Å². The highest BCUT2D eigenvalue weighted by atomic mass is 32.2. The van der Waals surface area contributed by atoms with Gasteiger partial charge in [0.1, 0.15) is 6.29 Å². The number of urea groups is 1. The molecule has 0 aliphatic carbocycles. The maximum Gasteiger partial charge on any atom is 0.315 e. The van der Waals surface area contributed by atoms with Crippen LogP contribution in [-0.4, -0.2) is 56.1 Å². The largest absolute Gasteiger partial charge is 0.355 e. The number of rotatable bonds is 12. The van der Waals surface area contributed by atoms with E-state index in [-0.39, 0.29) is 17.2 Å². The van der Waals surface area contributed by atoms with Crippen molar-refractivity contribution in [2.45, 2.75) is 45.6 Å². The SMILES string of the molecule is CCCCCCNC(=O)NCc1ccc(C(=O)NC)c(C=O)c1.CNC(=O)SCCC=O. The van der Waals surface area contributed by atoms with Gasteiger partial charge in [0.2, 0.25) is 0 Å². The number of benzene rings is 1. The maximum absolute atomic E-state index is 11.7. The molecule has 178 valence electrons. The van der Waals surface area contributed by atoms with Crippen LogP contribution in [0.25, 0.3) is 0 Å². The lowest BCUT2D eigenvalue weighted by atomic mass is 10.0. The van der Waals surface area contributed by atoms with E-state index < -0.39 is 0 Å². The topological polar surface area (TPSA) is 133 Å². The van der Waals surface area contributed by atoms with Gasteiger partial charge in [-0.05, 0) is 24.1 Å². The summed E-state index contributed by atoms with van der Waals surface area (Å²) in [4.78, 5) is 54.5. The quantitative estimate of drug-likeness (QED) is 0.276. The summed E-state index contributed by atoms with van der Waals surface area (Å²) in [5.41, 5.74) is 1.40. The Morgan fingerprint density at radius 2 is 1.75 bits per heavy atom. The van der Waals surface area contributed by atoms with Gasteiger partial charge in [0.15, 0.2) is 6.29 Å². The maximum atomic E-state index is 11.7. The molecule has 1 rings (SSSR count). The molecule has 0 radical (unpaired) electrons. The second kappa shape index (κ2) is 18.9. The lowest BCUT2D eigenvalue weighted by molar-refractivity contribution is -0.107. The molecule has 32 heavy (non-hydrogen) atoms. The van der Waals surface area contributed by atoms with Crippen LogP contribution in [0.4, 0.5) is 9.59 Å². The minimum Gasteiger partial charge on any atom is -0.355 e. The number of thioether (sulfide) groups is 1. The van der Waals surface area contributed by atoms with Crippen molar-refractivity contribution in [3.63, 3.8) is 0 Å². The number of hydrogen-bond acceptors (Lipinski definition) is 6. The summed E-state index contributed by atoms with van der Waals surface area (Å²) >= 11 is 1.12. The molecule has 0 spiro atoms. The Bertz CT molecular complexity index is 743. The van der Waals surface area contributed by atoms with E-state index in [4.69, 9.17) is 0 Å². The molecule has 0 unspecified atom stereocenters. The van der Waals surface area contributed by atoms with E-state index in [1.165, 1.54) is 13.5 Å². The molecular formula is C22H34N4O5S. The van der Waals surface area contributed by atoms with Crippen LogP contribution in [0.1, 0.15) is 65.3 Å². The van der Waals surface area contributed by atoms with E-state index in [0.29, 0.717) is 42.7 Å². The molecule has 1 aromatic rings. The fourth-order valence-corrected chi connectivity index (χ4v) is 2.98. The van der Waals surface area contributed by atoms with Crippen molar-refractivity contribution in [2.24, 2.45) is 0 Å². The van der Waals surface area contributed by atoms with E-state index in [2.05, 4.69) is 28.2 Å². The Hall–Kier alpha value is -2.88. The fourth-order valence-electron chi connectivity index (χ4n) is 2.43. The molecule has 0 heterocycles. The Balaban J connectivity index is 0.000000900. The Kier molecular flexibility index (Phi) is 17.2. The molecule has 0 saturated heterocycles. The molecule has 10 heteroatoms. The van der Waals surface area contributed by atoms with Crippen LogP contribution in [0, 0.1) is 0 Å². The van der Waals surface area contributed by atoms with Crippen molar-refractivity contribution >= 4 is 41.5 Å². The third-order valence-corrected chi connectivity index (χ3v) is 5.06. The smallest absolute Gasteiger partial charge is 0.315 e. The third kappa shape index (κ3) is 13.4. The Morgan fingerprint density at radius 1 is 1.00 bits per heavy atom. The van der Waals surface area contributed by atoms with Crippen molar-refractivity contribution in [1.82, 2.24) is 21.3 Å². The zero-order valence-corrected chi connectivity index (χ0v) is 19.8. The van der Waals surface area contributed by atoms with Crippen LogP contribution in [0.3, 0.4) is 0 Å². The van der Waals surface area contributed by atoms with Gasteiger partial charge < -0.3 is 26.1 Å². The van der Waals surface area contributed by atoms with Gasteiger partial charge in [0, 0.05) is 50.5 Å². The van der Waals surface area contributed by atoms with Crippen LogP contribution in [0.5, 0.6) is 0 Å². The first-order valence-electron chi connectivity index (χ1n) is 10.5. The summed E-state index contributed by atoms with van der Waals surface area (Å²) in [6, 6.07) is 4.69. The Morgan fingerprint density at radius 3 is 2.34 bits per heavy atom. The first-order chi connectivity index (χ1) is 15.4. The van der Waals surface area contributed by atoms with Crippen molar-refractivity contribution < 1.29 is 24.0 Å². The van der Waals surface area contributed by atoms with Crippen molar-refractivity contribution in [3.8, 4) is 0 Å². The summed E-state index contributed by atoms with van der Waals surface area (Å²) in [5, 5.41) is 10.4. The first kappa shape index (κ1) is 29.1. The van der Waals surface area contributed by atoms with Crippen molar-refractivity contribution in [3.05, 3.63) is 34.9 Å². The summed E-state index contributed by atoms with van der Waals surface area (Å²) < 4.78 is 0. The molecular weight excluding hydrogens is 432 g/mol. The number of amides is 4. The van der Waals surface area contributed by atoms with Crippen LogP contribution >= 0.6 is 11.8 Å². The summed E-state index contributed by atoms with van der Waals surface area (Å²) in [7, 11) is 3.08. The standard InChI is InChI=1S/C17H25N3O3.C5H9NO2S/c1-3-4-5-6-9-19-17(23)20-11-13-7-8-15(16(22)18-2)14(10-13)12-21;1-6-5(8)9-4-2-3-7/h7-8,10,12H,3-6,9,11H2,1-2H3,(H,18,22)(H2,19,20,23);3H,2,4H2,1H3,(H,6,8). The molecule has 1 aromatic carbocycles. The van der Waals surface area contributed by atoms with Crippen LogP contribution in [-0.2, 0) is 11.3 Å². The molecule has 0 atom stereocenters. The molecule has 0 aromatic heterocycles. The van der Waals surface area contributed by atoms with Gasteiger partial charge in [0.25, 0.3) is 11.1 Å². The molecule has 4 N–H and O–H groups in total.